The standard InChI is InChI=1S/C8H9N3.C3H8.3C2H6/c1-6-5-7-3-4-9-10-8(7)11(6)2;1-3-2;3*1-2/h3-5H,1-2H3;3H2,1-2H3;3*1-2H3. The van der Waals surface area contributed by atoms with E-state index in [1.165, 1.54) is 12.1 Å². The zero-order valence-electron chi connectivity index (χ0n) is 15.3. The molecule has 2 rings (SSSR count). The maximum Gasteiger partial charge on any atom is 0.162 e. The Kier molecular flexibility index (Phi) is 20.9. The van der Waals surface area contributed by atoms with Crippen molar-refractivity contribution in [3.63, 3.8) is 0 Å². The summed E-state index contributed by atoms with van der Waals surface area (Å²) in [4.78, 5) is 0. The third-order valence-electron chi connectivity index (χ3n) is 1.94. The monoisotopic (exact) mass is 281 g/mol. The Bertz CT molecular complexity index is 406. The van der Waals surface area contributed by atoms with Crippen LogP contribution in [0, 0.1) is 6.92 Å². The van der Waals surface area contributed by atoms with Crippen molar-refractivity contribution in [2.24, 2.45) is 7.05 Å². The van der Waals surface area contributed by atoms with Crippen molar-refractivity contribution in [2.75, 3.05) is 0 Å². The molecule has 0 N–H and O–H groups in total. The summed E-state index contributed by atoms with van der Waals surface area (Å²) in [5.74, 6) is 0. The lowest BCUT2D eigenvalue weighted by Crippen LogP contribution is -1.92. The average molecular weight is 281 g/mol. The zero-order valence-corrected chi connectivity index (χ0v) is 15.3. The fourth-order valence-electron chi connectivity index (χ4n) is 1.20. The molecule has 0 aromatic carbocycles. The largest absolute Gasteiger partial charge is 0.332 e. The minimum absolute atomic E-state index is 0.949. The molecular weight excluding hydrogens is 246 g/mol. The van der Waals surface area contributed by atoms with E-state index in [1.807, 2.05) is 59.2 Å². The molecule has 0 aliphatic rings. The Balaban J connectivity index is -0.000000275. The van der Waals surface area contributed by atoms with Crippen molar-refractivity contribution in [3.8, 4) is 0 Å². The van der Waals surface area contributed by atoms with Crippen LogP contribution in [0.3, 0.4) is 0 Å². The summed E-state index contributed by atoms with van der Waals surface area (Å²) in [6, 6.07) is 4.07. The van der Waals surface area contributed by atoms with Crippen LogP contribution in [0.4, 0.5) is 0 Å². The molecule has 0 fully saturated rings. The zero-order chi connectivity index (χ0) is 16.6. The summed E-state index contributed by atoms with van der Waals surface area (Å²) in [6.45, 7) is 18.3. The molecule has 0 amide bonds. The van der Waals surface area contributed by atoms with Crippen LogP contribution in [0.25, 0.3) is 11.0 Å². The van der Waals surface area contributed by atoms with Crippen molar-refractivity contribution < 1.29 is 0 Å². The third kappa shape index (κ3) is 8.68. The number of hydrogen-bond donors (Lipinski definition) is 0. The Hall–Kier alpha value is -1.38. The van der Waals surface area contributed by atoms with Gasteiger partial charge < -0.3 is 4.57 Å². The molecule has 3 heteroatoms. The second-order valence-electron chi connectivity index (χ2n) is 3.36. The van der Waals surface area contributed by atoms with Crippen molar-refractivity contribution in [1.29, 1.82) is 0 Å². The van der Waals surface area contributed by atoms with Gasteiger partial charge in [-0.1, -0.05) is 61.8 Å². The molecule has 0 saturated heterocycles. The van der Waals surface area contributed by atoms with Crippen molar-refractivity contribution in [3.05, 3.63) is 24.0 Å². The molecule has 3 nitrogen and oxygen atoms in total. The first-order chi connectivity index (χ1) is 9.70. The lowest BCUT2D eigenvalue weighted by atomic mass is 10.3. The maximum atomic E-state index is 4.01. The van der Waals surface area contributed by atoms with Crippen LogP contribution in [0.5, 0.6) is 0 Å². The SMILES string of the molecule is CC.CC.CC.CCC.Cc1cc2ccnnc2n1C. The van der Waals surface area contributed by atoms with Crippen molar-refractivity contribution in [1.82, 2.24) is 14.8 Å². The van der Waals surface area contributed by atoms with E-state index in [0.29, 0.717) is 0 Å². The summed E-state index contributed by atoms with van der Waals surface area (Å²) >= 11 is 0. The number of rotatable bonds is 0. The van der Waals surface area contributed by atoms with Crippen LogP contribution in [0.15, 0.2) is 18.3 Å². The molecule has 0 atom stereocenters. The Labute approximate surface area is 126 Å². The predicted molar refractivity (Wildman–Crippen MR) is 93.3 cm³/mol. The first kappa shape index (κ1) is 23.7. The molecule has 2 aromatic heterocycles. The Morgan fingerprint density at radius 1 is 1.00 bits per heavy atom. The summed E-state index contributed by atoms with van der Waals surface area (Å²) in [6.07, 6.45) is 2.96. The number of fused-ring (bicyclic) bond motifs is 1. The molecule has 0 radical (unpaired) electrons. The summed E-state index contributed by atoms with van der Waals surface area (Å²) in [5, 5.41) is 8.98. The van der Waals surface area contributed by atoms with Gasteiger partial charge in [0.05, 0.1) is 6.20 Å². The van der Waals surface area contributed by atoms with Crippen LogP contribution in [-0.4, -0.2) is 14.8 Å². The van der Waals surface area contributed by atoms with Crippen LogP contribution in [-0.2, 0) is 7.05 Å². The van der Waals surface area contributed by atoms with Crippen molar-refractivity contribution >= 4 is 11.0 Å². The minimum Gasteiger partial charge on any atom is -0.332 e. The number of nitrogens with zero attached hydrogens (tertiary/aromatic N) is 3. The molecule has 0 aliphatic heterocycles. The van der Waals surface area contributed by atoms with E-state index in [4.69, 9.17) is 0 Å². The van der Waals surface area contributed by atoms with Gasteiger partial charge in [0, 0.05) is 18.1 Å². The van der Waals surface area contributed by atoms with Crippen LogP contribution in [0.1, 0.15) is 67.5 Å². The molecule has 0 spiro atoms. The number of aryl methyl sites for hydroxylation is 2. The van der Waals surface area contributed by atoms with E-state index in [9.17, 15) is 0 Å². The smallest absolute Gasteiger partial charge is 0.162 e. The normalized spacial score (nSPS) is 7.70. The molecule has 2 heterocycles. The second kappa shape index (κ2) is 17.6. The molecule has 0 bridgehead atoms. The number of hydrogen-bond acceptors (Lipinski definition) is 2. The molecule has 2 aromatic rings. The van der Waals surface area contributed by atoms with Gasteiger partial charge in [-0.2, -0.15) is 5.10 Å². The van der Waals surface area contributed by atoms with Gasteiger partial charge >= 0.3 is 0 Å². The molecule has 20 heavy (non-hydrogen) atoms. The highest BCUT2D eigenvalue weighted by atomic mass is 15.2. The van der Waals surface area contributed by atoms with Gasteiger partial charge in [-0.3, -0.25) is 0 Å². The van der Waals surface area contributed by atoms with E-state index in [0.717, 1.165) is 11.0 Å². The first-order valence-corrected chi connectivity index (χ1v) is 7.94. The van der Waals surface area contributed by atoms with Gasteiger partial charge in [0.25, 0.3) is 0 Å². The van der Waals surface area contributed by atoms with Gasteiger partial charge in [0.1, 0.15) is 0 Å². The second-order valence-corrected chi connectivity index (χ2v) is 3.36. The minimum atomic E-state index is 0.949. The van der Waals surface area contributed by atoms with Crippen LogP contribution in [0.2, 0.25) is 0 Å². The van der Waals surface area contributed by atoms with Crippen LogP contribution >= 0.6 is 0 Å². The molecule has 0 unspecified atom stereocenters. The van der Waals surface area contributed by atoms with Gasteiger partial charge in [-0.25, -0.2) is 0 Å². The summed E-state index contributed by atoms with van der Waals surface area (Å²) in [5.41, 5.74) is 2.16. The first-order valence-electron chi connectivity index (χ1n) is 7.94. The highest BCUT2D eigenvalue weighted by molar-refractivity contribution is 5.76. The van der Waals surface area contributed by atoms with Gasteiger partial charge in [0.2, 0.25) is 0 Å². The van der Waals surface area contributed by atoms with E-state index in [1.54, 1.807) is 6.20 Å². The predicted octanol–water partition coefficient (Wildman–Crippen LogP) is 5.77. The fourth-order valence-corrected chi connectivity index (χ4v) is 1.20. The van der Waals surface area contributed by atoms with E-state index < -0.39 is 0 Å². The highest BCUT2D eigenvalue weighted by Gasteiger charge is 2.00. The number of aromatic nitrogens is 3. The third-order valence-corrected chi connectivity index (χ3v) is 1.94. The van der Waals surface area contributed by atoms with E-state index in [-0.39, 0.29) is 0 Å². The summed E-state index contributed by atoms with van der Waals surface area (Å²) in [7, 11) is 1.99. The van der Waals surface area contributed by atoms with E-state index in [2.05, 4.69) is 37.0 Å². The van der Waals surface area contributed by atoms with Crippen LogP contribution < -0.4 is 0 Å². The Morgan fingerprint density at radius 3 is 1.85 bits per heavy atom. The lowest BCUT2D eigenvalue weighted by molar-refractivity contribution is 0.881. The van der Waals surface area contributed by atoms with Gasteiger partial charge in [0.15, 0.2) is 5.65 Å². The topological polar surface area (TPSA) is 30.7 Å². The van der Waals surface area contributed by atoms with Crippen molar-refractivity contribution in [2.45, 2.75) is 68.7 Å². The van der Waals surface area contributed by atoms with Gasteiger partial charge in [-0.15, -0.1) is 5.10 Å². The fraction of sp³-hybridized carbons (Fsp3) is 0.647. The lowest BCUT2D eigenvalue weighted by Gasteiger charge is -1.94. The van der Waals surface area contributed by atoms with E-state index >= 15 is 0 Å². The summed E-state index contributed by atoms with van der Waals surface area (Å²) < 4.78 is 2.03. The highest BCUT2D eigenvalue weighted by Crippen LogP contribution is 2.13. The average Bonchev–Trinajstić information content (AvgIpc) is 2.82. The quantitative estimate of drug-likeness (QED) is 0.613. The Morgan fingerprint density at radius 2 is 1.45 bits per heavy atom. The molecule has 0 aliphatic carbocycles. The van der Waals surface area contributed by atoms with Gasteiger partial charge in [-0.05, 0) is 19.1 Å². The maximum absolute atomic E-state index is 4.01. The molecule has 0 saturated carbocycles. The molecule has 118 valence electrons. The molecular formula is C17H35N3.